The summed E-state index contributed by atoms with van der Waals surface area (Å²) < 4.78 is 13.2. The normalized spacial score (nSPS) is 16.1. The van der Waals surface area contributed by atoms with E-state index in [2.05, 4.69) is 56.3 Å². The maximum Gasteiger partial charge on any atom is 0.410 e. The highest BCUT2D eigenvalue weighted by atomic mass is 16.6. The molecular weight excluding hydrogens is 685 g/mol. The number of carbonyl (C=O) groups is 3. The minimum atomic E-state index is -0.994. The number of benzene rings is 3. The first kappa shape index (κ1) is 38.0. The van der Waals surface area contributed by atoms with E-state index in [1.165, 1.54) is 11.9 Å². The van der Waals surface area contributed by atoms with E-state index in [1.54, 1.807) is 16.5 Å². The van der Waals surface area contributed by atoms with Gasteiger partial charge < -0.3 is 25.0 Å². The molecule has 1 saturated heterocycles. The first-order valence-corrected chi connectivity index (χ1v) is 18.3. The van der Waals surface area contributed by atoms with Crippen LogP contribution in [0.1, 0.15) is 56.2 Å². The summed E-state index contributed by atoms with van der Waals surface area (Å²) >= 11 is 0. The lowest BCUT2D eigenvalue weighted by atomic mass is 9.83. The molecule has 282 valence electrons. The van der Waals surface area contributed by atoms with Gasteiger partial charge in [0.05, 0.1) is 19.2 Å². The lowest BCUT2D eigenvalue weighted by molar-refractivity contribution is -0.143. The number of tetrazole rings is 1. The Kier molecular flexibility index (Phi) is 11.9. The van der Waals surface area contributed by atoms with Gasteiger partial charge in [-0.05, 0) is 58.0 Å². The molecule has 0 spiro atoms. The second kappa shape index (κ2) is 16.9. The van der Waals surface area contributed by atoms with Crippen LogP contribution in [0.15, 0.2) is 78.9 Å². The summed E-state index contributed by atoms with van der Waals surface area (Å²) in [4.78, 5) is 44.9. The summed E-state index contributed by atoms with van der Waals surface area (Å²) in [5.41, 5.74) is 4.65. The second-order valence-corrected chi connectivity index (χ2v) is 14.6. The minimum Gasteiger partial charge on any atom is -0.448 e. The summed E-state index contributed by atoms with van der Waals surface area (Å²) in [6.07, 6.45) is 6.32. The standard InChI is InChI=1S/C41H48N8O5/c1-6-23-53-27-41(3,4)36(38(51)48-22-14-17-30(48)25-49-39(44-45-46-49)42-24-29-15-8-7-9-16-29)43-37(50)28(2)47(5)40(52)54-26-35-33-20-12-10-18-31(33)32-19-11-13-21-34(32)35/h1,7-13,15-16,18-21,28,30,35-36H,14,17,22-27H2,2-5H3,(H,43,50)(H,42,44,46)/t28-,30-,36+/m0/s1. The fourth-order valence-electron chi connectivity index (χ4n) is 7.25. The number of hydrogen-bond donors (Lipinski definition) is 2. The van der Waals surface area contributed by atoms with Gasteiger partial charge in [0.2, 0.25) is 17.8 Å². The Morgan fingerprint density at radius 2 is 1.69 bits per heavy atom. The van der Waals surface area contributed by atoms with Crippen molar-refractivity contribution in [3.05, 3.63) is 95.6 Å². The lowest BCUT2D eigenvalue weighted by Crippen LogP contribution is -2.60. The largest absolute Gasteiger partial charge is 0.448 e. The Balaban J connectivity index is 1.12. The number of terminal acetylenes is 1. The molecule has 6 rings (SSSR count). The highest BCUT2D eigenvalue weighted by Crippen LogP contribution is 2.44. The number of carbonyl (C=O) groups excluding carboxylic acids is 3. The number of nitrogens with one attached hydrogen (secondary N) is 2. The van der Waals surface area contributed by atoms with E-state index in [0.29, 0.717) is 25.6 Å². The van der Waals surface area contributed by atoms with E-state index < -0.39 is 29.5 Å². The van der Waals surface area contributed by atoms with Gasteiger partial charge in [0, 0.05) is 31.5 Å². The Morgan fingerprint density at radius 3 is 2.37 bits per heavy atom. The van der Waals surface area contributed by atoms with Crippen LogP contribution < -0.4 is 10.6 Å². The molecule has 2 heterocycles. The number of rotatable bonds is 15. The number of fused-ring (bicyclic) bond motifs is 3. The van der Waals surface area contributed by atoms with Gasteiger partial charge in [-0.15, -0.1) is 6.42 Å². The molecule has 13 nitrogen and oxygen atoms in total. The van der Waals surface area contributed by atoms with E-state index in [4.69, 9.17) is 15.9 Å². The van der Waals surface area contributed by atoms with Crippen molar-refractivity contribution in [3.8, 4) is 23.5 Å². The van der Waals surface area contributed by atoms with Gasteiger partial charge in [0.25, 0.3) is 0 Å². The van der Waals surface area contributed by atoms with Crippen molar-refractivity contribution in [1.29, 1.82) is 0 Å². The van der Waals surface area contributed by atoms with Crippen molar-refractivity contribution in [2.24, 2.45) is 5.41 Å². The number of likely N-dealkylation sites (N-methyl/N-ethyl adjacent to an activating group) is 1. The van der Waals surface area contributed by atoms with Crippen LogP contribution >= 0.6 is 0 Å². The van der Waals surface area contributed by atoms with E-state index >= 15 is 0 Å². The lowest BCUT2D eigenvalue weighted by Gasteiger charge is -2.38. The molecule has 3 aromatic carbocycles. The summed E-state index contributed by atoms with van der Waals surface area (Å²) in [7, 11) is 1.52. The molecule has 3 atom stereocenters. The quantitative estimate of drug-likeness (QED) is 0.131. The highest BCUT2D eigenvalue weighted by Gasteiger charge is 2.43. The molecule has 54 heavy (non-hydrogen) atoms. The van der Waals surface area contributed by atoms with Crippen LogP contribution in [0.4, 0.5) is 10.7 Å². The van der Waals surface area contributed by atoms with E-state index in [9.17, 15) is 14.4 Å². The molecule has 0 radical (unpaired) electrons. The third-order valence-corrected chi connectivity index (χ3v) is 10.4. The van der Waals surface area contributed by atoms with Gasteiger partial charge in [-0.3, -0.25) is 14.5 Å². The molecule has 13 heteroatoms. The Hall–Kier alpha value is -5.74. The van der Waals surface area contributed by atoms with Crippen molar-refractivity contribution in [2.45, 2.75) is 70.7 Å². The molecule has 3 amide bonds. The number of aromatic nitrogens is 4. The number of anilines is 1. The van der Waals surface area contributed by atoms with E-state index in [-0.39, 0.29) is 37.7 Å². The molecule has 1 aliphatic carbocycles. The predicted molar refractivity (Wildman–Crippen MR) is 204 cm³/mol. The zero-order valence-electron chi connectivity index (χ0n) is 31.3. The fraction of sp³-hybridized carbons (Fsp3) is 0.415. The van der Waals surface area contributed by atoms with Crippen LogP contribution in [0.25, 0.3) is 11.1 Å². The molecule has 1 fully saturated rings. The van der Waals surface area contributed by atoms with Crippen LogP contribution in [0, 0.1) is 17.8 Å². The minimum absolute atomic E-state index is 0.0591. The first-order chi connectivity index (χ1) is 26.1. The Labute approximate surface area is 316 Å². The number of amides is 3. The number of nitrogens with zero attached hydrogens (tertiary/aromatic N) is 6. The number of likely N-dealkylation sites (tertiary alicyclic amines) is 1. The van der Waals surface area contributed by atoms with Crippen molar-refractivity contribution >= 4 is 23.9 Å². The average Bonchev–Trinajstić information content (AvgIpc) is 3.92. The maximum atomic E-state index is 14.5. The van der Waals surface area contributed by atoms with Gasteiger partial charge in [0.15, 0.2) is 0 Å². The van der Waals surface area contributed by atoms with Crippen molar-refractivity contribution < 1.29 is 23.9 Å². The molecule has 0 saturated carbocycles. The smallest absolute Gasteiger partial charge is 0.410 e. The summed E-state index contributed by atoms with van der Waals surface area (Å²) in [5.74, 6) is 2.07. The zero-order valence-corrected chi connectivity index (χ0v) is 31.3. The number of ether oxygens (including phenoxy) is 2. The zero-order chi connectivity index (χ0) is 38.2. The fourth-order valence-corrected chi connectivity index (χ4v) is 7.25. The van der Waals surface area contributed by atoms with Crippen LogP contribution in [-0.4, -0.2) is 99.5 Å². The van der Waals surface area contributed by atoms with Crippen LogP contribution in [0.5, 0.6) is 0 Å². The highest BCUT2D eigenvalue weighted by molar-refractivity contribution is 5.92. The van der Waals surface area contributed by atoms with Crippen LogP contribution in [0.3, 0.4) is 0 Å². The van der Waals surface area contributed by atoms with Crippen LogP contribution in [-0.2, 0) is 32.2 Å². The van der Waals surface area contributed by atoms with Crippen LogP contribution in [0.2, 0.25) is 0 Å². The molecule has 4 aromatic rings. The summed E-state index contributed by atoms with van der Waals surface area (Å²) in [6.45, 7) is 7.01. The van der Waals surface area contributed by atoms with Gasteiger partial charge in [-0.1, -0.05) is 104 Å². The summed E-state index contributed by atoms with van der Waals surface area (Å²) in [5, 5.41) is 18.5. The molecule has 1 aliphatic heterocycles. The SMILES string of the molecule is C#CCOCC(C)(C)[C@H](NC(=O)[C@H](C)N(C)C(=O)OCC1c2ccccc2-c2ccccc21)C(=O)N1CCC[C@H]1Cn1nnnc1NCc1ccccc1. The molecule has 0 bridgehead atoms. The van der Waals surface area contributed by atoms with Gasteiger partial charge in [-0.25, -0.2) is 9.48 Å². The Bertz CT molecular complexity index is 1930. The second-order valence-electron chi connectivity index (χ2n) is 14.6. The molecule has 2 aliphatic rings. The Morgan fingerprint density at radius 1 is 1.02 bits per heavy atom. The van der Waals surface area contributed by atoms with Crippen molar-refractivity contribution in [3.63, 3.8) is 0 Å². The maximum absolute atomic E-state index is 14.5. The van der Waals surface area contributed by atoms with E-state index in [1.807, 2.05) is 68.4 Å². The number of hydrogen-bond acceptors (Lipinski definition) is 9. The molecule has 0 unspecified atom stereocenters. The monoisotopic (exact) mass is 732 g/mol. The molecule has 1 aromatic heterocycles. The van der Waals surface area contributed by atoms with Gasteiger partial charge in [0.1, 0.15) is 25.3 Å². The predicted octanol–water partition coefficient (Wildman–Crippen LogP) is 4.71. The van der Waals surface area contributed by atoms with Gasteiger partial charge >= 0.3 is 6.09 Å². The van der Waals surface area contributed by atoms with Crippen molar-refractivity contribution in [2.75, 3.05) is 38.7 Å². The first-order valence-electron chi connectivity index (χ1n) is 18.3. The van der Waals surface area contributed by atoms with Crippen molar-refractivity contribution in [1.82, 2.24) is 35.3 Å². The summed E-state index contributed by atoms with van der Waals surface area (Å²) in [6, 6.07) is 24.0. The topological polar surface area (TPSA) is 144 Å². The average molecular weight is 733 g/mol. The third kappa shape index (κ3) is 8.39. The molecular formula is C41H48N8O5. The molecule has 2 N–H and O–H groups in total. The van der Waals surface area contributed by atoms with Gasteiger partial charge in [-0.2, -0.15) is 0 Å². The third-order valence-electron chi connectivity index (χ3n) is 10.4. The van der Waals surface area contributed by atoms with E-state index in [0.717, 1.165) is 40.7 Å².